The standard InChI is InChI=1S/C34H42FN3O4/c1-26(2)36-19-11-20-38(33(40)25-42-29-14-5-4-6-15-29)34-27(3)12-9-13-28(34)24-37(22-21-36)32(39)18-10-23-41-31-17-8-7-16-30(31)35/h4-9,12-17,26H,10-11,18-25H2,1-3H3. The van der Waals surface area contributed by atoms with Crippen molar-refractivity contribution in [1.29, 1.82) is 0 Å². The summed E-state index contributed by atoms with van der Waals surface area (Å²) >= 11 is 0. The number of para-hydroxylation sites is 3. The molecule has 1 aliphatic heterocycles. The average molecular weight is 576 g/mol. The van der Waals surface area contributed by atoms with Gasteiger partial charge in [-0.2, -0.15) is 0 Å². The Hall–Kier alpha value is -3.91. The first-order valence-electron chi connectivity index (χ1n) is 14.8. The fraction of sp³-hybridized carbons (Fsp3) is 0.412. The molecule has 224 valence electrons. The molecule has 0 N–H and O–H groups in total. The third-order valence-corrected chi connectivity index (χ3v) is 7.56. The lowest BCUT2D eigenvalue weighted by molar-refractivity contribution is -0.132. The molecule has 0 saturated heterocycles. The van der Waals surface area contributed by atoms with Crippen LogP contribution in [0.25, 0.3) is 0 Å². The molecule has 42 heavy (non-hydrogen) atoms. The van der Waals surface area contributed by atoms with Crippen LogP contribution in [-0.4, -0.2) is 67.0 Å². The minimum atomic E-state index is -0.412. The summed E-state index contributed by atoms with van der Waals surface area (Å²) in [7, 11) is 0. The minimum Gasteiger partial charge on any atom is -0.491 e. The second-order valence-corrected chi connectivity index (χ2v) is 10.9. The number of hydrogen-bond acceptors (Lipinski definition) is 5. The zero-order valence-corrected chi connectivity index (χ0v) is 24.9. The molecule has 1 heterocycles. The molecule has 7 nitrogen and oxygen atoms in total. The number of hydrogen-bond donors (Lipinski definition) is 0. The Morgan fingerprint density at radius 3 is 2.38 bits per heavy atom. The second kappa shape index (κ2) is 15.4. The highest BCUT2D eigenvalue weighted by atomic mass is 19.1. The van der Waals surface area contributed by atoms with Crippen LogP contribution < -0.4 is 14.4 Å². The minimum absolute atomic E-state index is 0.00725. The molecule has 1 aliphatic rings. The topological polar surface area (TPSA) is 62.3 Å². The summed E-state index contributed by atoms with van der Waals surface area (Å²) in [6.07, 6.45) is 1.55. The SMILES string of the molecule is Cc1cccc2c1N(C(=O)COc1ccccc1)CCCN(C(C)C)CCN(C(=O)CCCOc1ccccc1F)C2. The number of aryl methyl sites for hydroxylation is 1. The van der Waals surface area contributed by atoms with Gasteiger partial charge in [0.1, 0.15) is 5.75 Å². The maximum Gasteiger partial charge on any atom is 0.264 e. The number of ether oxygens (including phenoxy) is 2. The maximum absolute atomic E-state index is 13.9. The number of halogens is 1. The Bertz CT molecular complexity index is 1320. The van der Waals surface area contributed by atoms with Crippen molar-refractivity contribution in [2.75, 3.05) is 44.3 Å². The molecule has 8 heteroatoms. The van der Waals surface area contributed by atoms with Gasteiger partial charge in [-0.15, -0.1) is 0 Å². The largest absolute Gasteiger partial charge is 0.491 e. The van der Waals surface area contributed by atoms with Crippen molar-refractivity contribution in [3.05, 3.63) is 89.7 Å². The van der Waals surface area contributed by atoms with E-state index >= 15 is 0 Å². The van der Waals surface area contributed by atoms with E-state index in [4.69, 9.17) is 9.47 Å². The molecule has 0 aromatic heterocycles. The number of carbonyl (C=O) groups is 2. The number of carbonyl (C=O) groups excluding carboxylic acids is 2. The predicted octanol–water partition coefficient (Wildman–Crippen LogP) is 5.85. The van der Waals surface area contributed by atoms with E-state index in [9.17, 15) is 14.0 Å². The molecule has 0 spiro atoms. The summed E-state index contributed by atoms with van der Waals surface area (Å²) in [5.74, 6) is 0.319. The van der Waals surface area contributed by atoms with Gasteiger partial charge in [0.2, 0.25) is 5.91 Å². The zero-order chi connectivity index (χ0) is 29.9. The molecule has 0 atom stereocenters. The predicted molar refractivity (Wildman–Crippen MR) is 163 cm³/mol. The summed E-state index contributed by atoms with van der Waals surface area (Å²) < 4.78 is 25.3. The fourth-order valence-corrected chi connectivity index (χ4v) is 5.27. The number of benzene rings is 3. The lowest BCUT2D eigenvalue weighted by Gasteiger charge is -2.30. The second-order valence-electron chi connectivity index (χ2n) is 10.9. The third kappa shape index (κ3) is 8.55. The van der Waals surface area contributed by atoms with Crippen LogP contribution in [0.2, 0.25) is 0 Å². The summed E-state index contributed by atoms with van der Waals surface area (Å²) in [5, 5.41) is 0. The van der Waals surface area contributed by atoms with Gasteiger partial charge in [-0.3, -0.25) is 14.5 Å². The van der Waals surface area contributed by atoms with E-state index in [1.807, 2.05) is 65.3 Å². The quantitative estimate of drug-likeness (QED) is 0.300. The zero-order valence-electron chi connectivity index (χ0n) is 24.9. The van der Waals surface area contributed by atoms with E-state index in [-0.39, 0.29) is 37.2 Å². The average Bonchev–Trinajstić information content (AvgIpc) is 3.02. The molecule has 0 radical (unpaired) electrons. The van der Waals surface area contributed by atoms with E-state index in [2.05, 4.69) is 18.7 Å². The molecular weight excluding hydrogens is 533 g/mol. The molecular formula is C34H42FN3O4. The van der Waals surface area contributed by atoms with Crippen LogP contribution >= 0.6 is 0 Å². The Labute approximate surface area is 248 Å². The van der Waals surface area contributed by atoms with Gasteiger partial charge in [-0.05, 0) is 69.0 Å². The highest BCUT2D eigenvalue weighted by molar-refractivity contribution is 5.96. The molecule has 0 saturated carbocycles. The van der Waals surface area contributed by atoms with Crippen LogP contribution in [0.15, 0.2) is 72.8 Å². The Balaban J connectivity index is 1.52. The smallest absolute Gasteiger partial charge is 0.264 e. The molecule has 0 aliphatic carbocycles. The number of anilines is 1. The van der Waals surface area contributed by atoms with E-state index in [1.54, 1.807) is 18.2 Å². The van der Waals surface area contributed by atoms with Gasteiger partial charge >= 0.3 is 0 Å². The van der Waals surface area contributed by atoms with E-state index < -0.39 is 5.82 Å². The van der Waals surface area contributed by atoms with Crippen molar-refractivity contribution < 1.29 is 23.5 Å². The van der Waals surface area contributed by atoms with Gasteiger partial charge in [0.25, 0.3) is 5.91 Å². The van der Waals surface area contributed by atoms with Crippen LogP contribution in [0.1, 0.15) is 44.2 Å². The van der Waals surface area contributed by atoms with Gasteiger partial charge in [0, 0.05) is 45.2 Å². The highest BCUT2D eigenvalue weighted by Crippen LogP contribution is 2.28. The summed E-state index contributed by atoms with van der Waals surface area (Å²) in [6, 6.07) is 21.9. The normalized spacial score (nSPS) is 14.7. The molecule has 0 fully saturated rings. The van der Waals surface area contributed by atoms with Crippen molar-refractivity contribution in [3.63, 3.8) is 0 Å². The van der Waals surface area contributed by atoms with Gasteiger partial charge < -0.3 is 19.3 Å². The van der Waals surface area contributed by atoms with Crippen molar-refractivity contribution in [3.8, 4) is 11.5 Å². The molecule has 4 rings (SSSR count). The van der Waals surface area contributed by atoms with Gasteiger partial charge in [0.15, 0.2) is 18.2 Å². The van der Waals surface area contributed by atoms with Crippen LogP contribution in [0, 0.1) is 12.7 Å². The molecule has 0 unspecified atom stereocenters. The number of rotatable bonds is 9. The lowest BCUT2D eigenvalue weighted by Crippen LogP contribution is -2.41. The molecule has 2 amide bonds. The van der Waals surface area contributed by atoms with Crippen molar-refractivity contribution >= 4 is 17.5 Å². The van der Waals surface area contributed by atoms with E-state index in [1.165, 1.54) is 6.07 Å². The summed E-state index contributed by atoms with van der Waals surface area (Å²) in [6.45, 7) is 9.55. The number of amides is 2. The summed E-state index contributed by atoms with van der Waals surface area (Å²) in [5.41, 5.74) is 2.75. The third-order valence-electron chi connectivity index (χ3n) is 7.56. The Kier molecular flexibility index (Phi) is 11.3. The van der Waals surface area contributed by atoms with E-state index in [0.717, 1.165) is 36.3 Å². The van der Waals surface area contributed by atoms with Gasteiger partial charge in [-0.25, -0.2) is 4.39 Å². The number of fused-ring (bicyclic) bond motifs is 1. The molecule has 0 bridgehead atoms. The van der Waals surface area contributed by atoms with Crippen molar-refractivity contribution in [2.24, 2.45) is 0 Å². The fourth-order valence-electron chi connectivity index (χ4n) is 5.27. The first kappa shape index (κ1) is 31.0. The van der Waals surface area contributed by atoms with Crippen molar-refractivity contribution in [2.45, 2.75) is 52.6 Å². The van der Waals surface area contributed by atoms with Crippen LogP contribution in [0.5, 0.6) is 11.5 Å². The first-order valence-corrected chi connectivity index (χ1v) is 14.8. The van der Waals surface area contributed by atoms with Gasteiger partial charge in [-0.1, -0.05) is 48.5 Å². The van der Waals surface area contributed by atoms with Crippen LogP contribution in [0.4, 0.5) is 10.1 Å². The lowest BCUT2D eigenvalue weighted by atomic mass is 10.0. The molecule has 3 aromatic rings. The first-order chi connectivity index (χ1) is 20.3. The highest BCUT2D eigenvalue weighted by Gasteiger charge is 2.25. The van der Waals surface area contributed by atoms with Crippen molar-refractivity contribution in [1.82, 2.24) is 9.80 Å². The monoisotopic (exact) mass is 575 g/mol. The molecule has 3 aromatic carbocycles. The Morgan fingerprint density at radius 2 is 1.62 bits per heavy atom. The Morgan fingerprint density at radius 1 is 0.857 bits per heavy atom. The summed E-state index contributed by atoms with van der Waals surface area (Å²) in [4.78, 5) is 33.3. The maximum atomic E-state index is 13.9. The van der Waals surface area contributed by atoms with Gasteiger partial charge in [0.05, 0.1) is 12.3 Å². The van der Waals surface area contributed by atoms with Crippen LogP contribution in [0.3, 0.4) is 0 Å². The van der Waals surface area contributed by atoms with E-state index in [0.29, 0.717) is 37.8 Å². The van der Waals surface area contributed by atoms with Crippen LogP contribution in [-0.2, 0) is 16.1 Å². The number of nitrogens with zero attached hydrogens (tertiary/aromatic N) is 3.